The number of carbonyl (C=O) groups excluding carboxylic acids is 2. The fraction of sp³-hybridized carbons (Fsp3) is 0.385. The highest BCUT2D eigenvalue weighted by Crippen LogP contribution is 2.11. The second-order valence-corrected chi connectivity index (χ2v) is 3.81. The lowest BCUT2D eigenvalue weighted by molar-refractivity contribution is -0.0970. The second-order valence-electron chi connectivity index (χ2n) is 3.81. The summed E-state index contributed by atoms with van der Waals surface area (Å²) in [4.78, 5) is 23.0. The third kappa shape index (κ3) is 4.87. The third-order valence-electron chi connectivity index (χ3n) is 2.50. The van der Waals surface area contributed by atoms with Gasteiger partial charge in [0.25, 0.3) is 0 Å². The molecule has 0 aromatic heterocycles. The van der Waals surface area contributed by atoms with Crippen molar-refractivity contribution in [3.8, 4) is 0 Å². The van der Waals surface area contributed by atoms with Crippen LogP contribution in [0.2, 0.25) is 0 Å². The average molecular weight is 282 g/mol. The van der Waals surface area contributed by atoms with Gasteiger partial charge in [0.05, 0.1) is 19.2 Å². The van der Waals surface area contributed by atoms with Crippen molar-refractivity contribution in [1.82, 2.24) is 5.32 Å². The van der Waals surface area contributed by atoms with Crippen molar-refractivity contribution in [2.24, 2.45) is 0 Å². The minimum Gasteiger partial charge on any atom is -0.465 e. The van der Waals surface area contributed by atoms with Crippen LogP contribution < -0.4 is 10.6 Å². The molecule has 110 valence electrons. The number of ether oxygens (including phenoxy) is 3. The summed E-state index contributed by atoms with van der Waals surface area (Å²) in [6, 6.07) is 6.01. The van der Waals surface area contributed by atoms with Crippen molar-refractivity contribution in [1.29, 1.82) is 0 Å². The number of methoxy groups -OCH3 is 3. The minimum absolute atomic E-state index is 0.204. The van der Waals surface area contributed by atoms with Gasteiger partial charge in [-0.25, -0.2) is 9.59 Å². The van der Waals surface area contributed by atoms with Gasteiger partial charge in [0.1, 0.15) is 0 Å². The van der Waals surface area contributed by atoms with E-state index in [2.05, 4.69) is 15.4 Å². The Balaban J connectivity index is 2.55. The molecule has 7 nitrogen and oxygen atoms in total. The lowest BCUT2D eigenvalue weighted by atomic mass is 10.2. The fourth-order valence-corrected chi connectivity index (χ4v) is 1.46. The predicted octanol–water partition coefficient (Wildman–Crippen LogP) is 1.21. The van der Waals surface area contributed by atoms with Crippen molar-refractivity contribution in [2.75, 3.05) is 33.2 Å². The van der Waals surface area contributed by atoms with E-state index in [0.717, 1.165) is 0 Å². The lowest BCUT2D eigenvalue weighted by Gasteiger charge is -2.14. The molecule has 2 N–H and O–H groups in total. The number of hydrogen-bond acceptors (Lipinski definition) is 5. The van der Waals surface area contributed by atoms with Crippen molar-refractivity contribution in [3.63, 3.8) is 0 Å². The summed E-state index contributed by atoms with van der Waals surface area (Å²) >= 11 is 0. The van der Waals surface area contributed by atoms with Crippen LogP contribution in [0.4, 0.5) is 10.5 Å². The standard InChI is InChI=1S/C13H18N2O5/c1-18-11(19-2)8-14-13(17)15-10-6-4-5-9(7-10)12(16)20-3/h4-7,11H,8H2,1-3H3,(H2,14,15,17). The van der Waals surface area contributed by atoms with E-state index in [1.165, 1.54) is 27.4 Å². The Morgan fingerprint density at radius 2 is 1.90 bits per heavy atom. The molecule has 0 aliphatic heterocycles. The number of urea groups is 1. The normalized spacial score (nSPS) is 10.2. The topological polar surface area (TPSA) is 85.9 Å². The molecule has 0 bridgehead atoms. The zero-order chi connectivity index (χ0) is 15.0. The minimum atomic E-state index is -0.512. The van der Waals surface area contributed by atoms with Crippen molar-refractivity contribution in [3.05, 3.63) is 29.8 Å². The Hall–Kier alpha value is -2.12. The molecular weight excluding hydrogens is 264 g/mol. The van der Waals surface area contributed by atoms with Crippen LogP contribution in [0.25, 0.3) is 0 Å². The zero-order valence-corrected chi connectivity index (χ0v) is 11.6. The number of esters is 1. The van der Waals surface area contributed by atoms with E-state index in [0.29, 0.717) is 11.3 Å². The molecule has 7 heteroatoms. The summed E-state index contributed by atoms with van der Waals surface area (Å²) in [6.07, 6.45) is -0.512. The number of benzene rings is 1. The highest BCUT2D eigenvalue weighted by Gasteiger charge is 2.09. The molecule has 0 saturated carbocycles. The first-order valence-electron chi connectivity index (χ1n) is 5.89. The van der Waals surface area contributed by atoms with Gasteiger partial charge in [-0.15, -0.1) is 0 Å². The molecule has 2 amide bonds. The molecule has 0 saturated heterocycles. The van der Waals surface area contributed by atoms with E-state index in [1.807, 2.05) is 0 Å². The smallest absolute Gasteiger partial charge is 0.337 e. The van der Waals surface area contributed by atoms with Crippen LogP contribution >= 0.6 is 0 Å². The van der Waals surface area contributed by atoms with Gasteiger partial charge in [0.15, 0.2) is 6.29 Å². The monoisotopic (exact) mass is 282 g/mol. The molecule has 0 radical (unpaired) electrons. The molecule has 0 fully saturated rings. The zero-order valence-electron chi connectivity index (χ0n) is 11.6. The van der Waals surface area contributed by atoms with E-state index in [-0.39, 0.29) is 6.54 Å². The first kappa shape index (κ1) is 15.9. The van der Waals surface area contributed by atoms with Crippen LogP contribution in [-0.4, -0.2) is 46.2 Å². The van der Waals surface area contributed by atoms with Gasteiger partial charge in [-0.1, -0.05) is 6.07 Å². The van der Waals surface area contributed by atoms with E-state index < -0.39 is 18.3 Å². The fourth-order valence-electron chi connectivity index (χ4n) is 1.46. The molecule has 0 aliphatic rings. The van der Waals surface area contributed by atoms with E-state index >= 15 is 0 Å². The van der Waals surface area contributed by atoms with Crippen molar-refractivity contribution >= 4 is 17.7 Å². The summed E-state index contributed by atoms with van der Waals surface area (Å²) in [5, 5.41) is 5.18. The average Bonchev–Trinajstić information content (AvgIpc) is 2.47. The van der Waals surface area contributed by atoms with Crippen molar-refractivity contribution in [2.45, 2.75) is 6.29 Å². The van der Waals surface area contributed by atoms with Gasteiger partial charge in [0, 0.05) is 19.9 Å². The van der Waals surface area contributed by atoms with E-state index in [4.69, 9.17) is 9.47 Å². The van der Waals surface area contributed by atoms with Crippen LogP contribution in [-0.2, 0) is 14.2 Å². The number of rotatable bonds is 6. The second kappa shape index (κ2) is 8.13. The molecule has 1 aromatic rings. The highest BCUT2D eigenvalue weighted by atomic mass is 16.7. The number of carbonyl (C=O) groups is 2. The maximum absolute atomic E-state index is 11.6. The maximum Gasteiger partial charge on any atom is 0.337 e. The predicted molar refractivity (Wildman–Crippen MR) is 72.6 cm³/mol. The number of hydrogen-bond donors (Lipinski definition) is 2. The molecule has 1 rings (SSSR count). The summed E-state index contributed by atoms with van der Waals surface area (Å²) in [7, 11) is 4.26. The molecule has 0 spiro atoms. The third-order valence-corrected chi connectivity index (χ3v) is 2.50. The number of amides is 2. The van der Waals surface area contributed by atoms with Gasteiger partial charge in [-0.2, -0.15) is 0 Å². The molecular formula is C13H18N2O5. The first-order valence-corrected chi connectivity index (χ1v) is 5.89. The summed E-state index contributed by atoms with van der Waals surface area (Å²) < 4.78 is 14.5. The van der Waals surface area contributed by atoms with Crippen LogP contribution in [0.5, 0.6) is 0 Å². The maximum atomic E-state index is 11.6. The Morgan fingerprint density at radius 1 is 1.20 bits per heavy atom. The van der Waals surface area contributed by atoms with Crippen LogP contribution in [0.15, 0.2) is 24.3 Å². The van der Waals surface area contributed by atoms with E-state index in [9.17, 15) is 9.59 Å². The van der Waals surface area contributed by atoms with Gasteiger partial charge < -0.3 is 24.8 Å². The Bertz CT molecular complexity index is 460. The quantitative estimate of drug-likeness (QED) is 0.605. The Morgan fingerprint density at radius 3 is 2.50 bits per heavy atom. The van der Waals surface area contributed by atoms with Gasteiger partial charge in [0.2, 0.25) is 0 Å². The van der Waals surface area contributed by atoms with E-state index in [1.54, 1.807) is 18.2 Å². The van der Waals surface area contributed by atoms with Gasteiger partial charge in [-0.3, -0.25) is 0 Å². The molecule has 0 atom stereocenters. The molecule has 0 aliphatic carbocycles. The molecule has 1 aromatic carbocycles. The summed E-state index contributed by atoms with van der Waals surface area (Å²) in [5.41, 5.74) is 0.841. The molecule has 0 unspecified atom stereocenters. The lowest BCUT2D eigenvalue weighted by Crippen LogP contribution is -2.36. The Kier molecular flexibility index (Phi) is 6.48. The number of nitrogens with one attached hydrogen (secondary N) is 2. The number of anilines is 1. The Labute approximate surface area is 117 Å². The van der Waals surface area contributed by atoms with Crippen LogP contribution in [0, 0.1) is 0 Å². The molecule has 0 heterocycles. The summed E-state index contributed by atoms with van der Waals surface area (Å²) in [5.74, 6) is -0.465. The van der Waals surface area contributed by atoms with Crippen LogP contribution in [0.3, 0.4) is 0 Å². The van der Waals surface area contributed by atoms with Gasteiger partial charge in [-0.05, 0) is 18.2 Å². The summed E-state index contributed by atoms with van der Waals surface area (Å²) in [6.45, 7) is 0.204. The SMILES string of the molecule is COC(=O)c1cccc(NC(=O)NCC(OC)OC)c1. The highest BCUT2D eigenvalue weighted by molar-refractivity contribution is 5.93. The van der Waals surface area contributed by atoms with Gasteiger partial charge >= 0.3 is 12.0 Å². The largest absolute Gasteiger partial charge is 0.465 e. The van der Waals surface area contributed by atoms with Crippen LogP contribution in [0.1, 0.15) is 10.4 Å². The van der Waals surface area contributed by atoms with Crippen molar-refractivity contribution < 1.29 is 23.8 Å². The first-order chi connectivity index (χ1) is 9.60. The molecule has 20 heavy (non-hydrogen) atoms.